The summed E-state index contributed by atoms with van der Waals surface area (Å²) < 4.78 is 7.02. The number of rotatable bonds is 6. The number of hydrogen-bond acceptors (Lipinski definition) is 6. The van der Waals surface area contributed by atoms with E-state index in [9.17, 15) is 14.9 Å². The molecule has 0 aromatic carbocycles. The van der Waals surface area contributed by atoms with Gasteiger partial charge in [-0.3, -0.25) is 4.79 Å². The smallest absolute Gasteiger partial charge is 0.406 e. The van der Waals surface area contributed by atoms with Crippen molar-refractivity contribution in [2.24, 2.45) is 0 Å². The van der Waals surface area contributed by atoms with Crippen molar-refractivity contribution in [3.63, 3.8) is 0 Å². The van der Waals surface area contributed by atoms with Gasteiger partial charge in [0.25, 0.3) is 5.91 Å². The molecule has 122 valence electrons. The molecule has 0 bridgehead atoms. The Morgan fingerprint density at radius 2 is 2.09 bits per heavy atom. The molecule has 0 fully saturated rings. The number of nitro groups is 1. The van der Waals surface area contributed by atoms with Crippen LogP contribution in [-0.4, -0.2) is 31.7 Å². The van der Waals surface area contributed by atoms with Gasteiger partial charge in [0.15, 0.2) is 6.10 Å². The number of nitrogens with one attached hydrogen (secondary N) is 1. The second-order valence-electron chi connectivity index (χ2n) is 5.09. The number of ether oxygens (including phenoxy) is 1. The second kappa shape index (κ2) is 6.86. The van der Waals surface area contributed by atoms with Crippen LogP contribution in [0.15, 0.2) is 30.6 Å². The number of carbonyl (C=O) groups excluding carboxylic acids is 1. The molecule has 23 heavy (non-hydrogen) atoms. The van der Waals surface area contributed by atoms with Gasteiger partial charge in [0.2, 0.25) is 5.75 Å². The van der Waals surface area contributed by atoms with Crippen molar-refractivity contribution < 1.29 is 14.5 Å². The van der Waals surface area contributed by atoms with E-state index in [4.69, 9.17) is 4.74 Å². The molecule has 0 aliphatic rings. The number of hydrogen-bond donors (Lipinski definition) is 1. The molecule has 0 saturated heterocycles. The Labute approximate surface area is 132 Å². The average molecular weight is 319 g/mol. The largest absolute Gasteiger partial charge is 0.473 e. The SMILES string of the molecule is CC(C)n1nccc1NC(=O)[C@H](C)Oc1cccnc1[N+](=O)[O-]. The van der Waals surface area contributed by atoms with Gasteiger partial charge >= 0.3 is 5.82 Å². The Hall–Kier alpha value is -2.97. The summed E-state index contributed by atoms with van der Waals surface area (Å²) in [5.41, 5.74) is 0. The lowest BCUT2D eigenvalue weighted by Gasteiger charge is -2.16. The third-order valence-corrected chi connectivity index (χ3v) is 3.01. The molecule has 0 unspecified atom stereocenters. The van der Waals surface area contributed by atoms with Crippen LogP contribution in [0.25, 0.3) is 0 Å². The first-order chi connectivity index (χ1) is 10.9. The van der Waals surface area contributed by atoms with Crippen molar-refractivity contribution >= 4 is 17.5 Å². The Kier molecular flexibility index (Phi) is 4.89. The van der Waals surface area contributed by atoms with E-state index in [-0.39, 0.29) is 11.8 Å². The van der Waals surface area contributed by atoms with E-state index in [1.165, 1.54) is 25.3 Å². The average Bonchev–Trinajstić information content (AvgIpc) is 2.95. The highest BCUT2D eigenvalue weighted by Crippen LogP contribution is 2.24. The van der Waals surface area contributed by atoms with E-state index in [0.29, 0.717) is 5.82 Å². The first-order valence-corrected chi connectivity index (χ1v) is 7.00. The monoisotopic (exact) mass is 319 g/mol. The van der Waals surface area contributed by atoms with Crippen LogP contribution in [0.5, 0.6) is 5.75 Å². The van der Waals surface area contributed by atoms with E-state index in [1.807, 2.05) is 13.8 Å². The predicted octanol–water partition coefficient (Wildman–Crippen LogP) is 2.17. The van der Waals surface area contributed by atoms with Crippen molar-refractivity contribution in [1.82, 2.24) is 14.8 Å². The van der Waals surface area contributed by atoms with E-state index in [0.717, 1.165) is 0 Å². The summed E-state index contributed by atoms with van der Waals surface area (Å²) in [6.45, 7) is 5.37. The topological polar surface area (TPSA) is 112 Å². The fourth-order valence-electron chi connectivity index (χ4n) is 1.91. The lowest BCUT2D eigenvalue weighted by atomic mass is 10.3. The highest BCUT2D eigenvalue weighted by molar-refractivity contribution is 5.93. The predicted molar refractivity (Wildman–Crippen MR) is 82.2 cm³/mol. The van der Waals surface area contributed by atoms with Gasteiger partial charge in [-0.25, -0.2) is 4.68 Å². The summed E-state index contributed by atoms with van der Waals surface area (Å²) in [5.74, 6) is -0.399. The van der Waals surface area contributed by atoms with E-state index < -0.39 is 22.8 Å². The molecule has 0 spiro atoms. The van der Waals surface area contributed by atoms with Gasteiger partial charge in [-0.05, 0) is 42.8 Å². The van der Waals surface area contributed by atoms with Gasteiger partial charge in [-0.15, -0.1) is 0 Å². The fraction of sp³-hybridized carbons (Fsp3) is 0.357. The normalized spacial score (nSPS) is 12.0. The number of nitrogens with zero attached hydrogens (tertiary/aromatic N) is 4. The minimum atomic E-state index is -0.937. The molecule has 2 rings (SSSR count). The van der Waals surface area contributed by atoms with Crippen LogP contribution in [-0.2, 0) is 4.79 Å². The summed E-state index contributed by atoms with van der Waals surface area (Å²) in [5, 5.41) is 17.7. The lowest BCUT2D eigenvalue weighted by Crippen LogP contribution is -2.31. The molecule has 2 aromatic rings. The highest BCUT2D eigenvalue weighted by atomic mass is 16.6. The molecule has 0 radical (unpaired) electrons. The minimum absolute atomic E-state index is 0.0579. The van der Waals surface area contributed by atoms with Crippen molar-refractivity contribution in [1.29, 1.82) is 0 Å². The Morgan fingerprint density at radius 1 is 1.35 bits per heavy atom. The summed E-state index contributed by atoms with van der Waals surface area (Å²) in [7, 11) is 0. The van der Waals surface area contributed by atoms with Gasteiger partial charge in [-0.1, -0.05) is 0 Å². The number of carbonyl (C=O) groups is 1. The third kappa shape index (κ3) is 3.82. The van der Waals surface area contributed by atoms with Gasteiger partial charge in [0.1, 0.15) is 12.0 Å². The standard InChI is InChI=1S/C14H17N5O4/c1-9(2)18-12(6-8-16-18)17-14(20)10(3)23-11-5-4-7-15-13(11)19(21)22/h4-10H,1-3H3,(H,17,20)/t10-/m0/s1. The molecular formula is C14H17N5O4. The van der Waals surface area contributed by atoms with Crippen LogP contribution >= 0.6 is 0 Å². The van der Waals surface area contributed by atoms with Crippen molar-refractivity contribution in [2.75, 3.05) is 5.32 Å². The van der Waals surface area contributed by atoms with Crippen molar-refractivity contribution in [3.8, 4) is 5.75 Å². The van der Waals surface area contributed by atoms with E-state index in [2.05, 4.69) is 15.4 Å². The summed E-state index contributed by atoms with van der Waals surface area (Å²) >= 11 is 0. The summed E-state index contributed by atoms with van der Waals surface area (Å²) in [6.07, 6.45) is 1.93. The van der Waals surface area contributed by atoms with Crippen LogP contribution in [0.3, 0.4) is 0 Å². The van der Waals surface area contributed by atoms with Crippen LogP contribution in [0, 0.1) is 10.1 Å². The maximum Gasteiger partial charge on any atom is 0.406 e. The molecule has 1 N–H and O–H groups in total. The molecule has 0 aliphatic carbocycles. The first kappa shape index (κ1) is 16.4. The molecule has 2 aromatic heterocycles. The quantitative estimate of drug-likeness (QED) is 0.645. The fourth-order valence-corrected chi connectivity index (χ4v) is 1.91. The molecule has 9 heteroatoms. The summed E-state index contributed by atoms with van der Waals surface area (Å²) in [6, 6.07) is 4.64. The van der Waals surface area contributed by atoms with Crippen LogP contribution in [0.1, 0.15) is 26.8 Å². The molecule has 0 aliphatic heterocycles. The number of anilines is 1. The van der Waals surface area contributed by atoms with Gasteiger partial charge < -0.3 is 20.2 Å². The number of pyridine rings is 1. The zero-order chi connectivity index (χ0) is 17.0. The zero-order valence-corrected chi connectivity index (χ0v) is 13.0. The van der Waals surface area contributed by atoms with E-state index >= 15 is 0 Å². The van der Waals surface area contributed by atoms with Crippen LogP contribution in [0.2, 0.25) is 0 Å². The first-order valence-electron chi connectivity index (χ1n) is 7.00. The molecule has 0 saturated carbocycles. The maximum atomic E-state index is 12.2. The van der Waals surface area contributed by atoms with Gasteiger partial charge in [0.05, 0.1) is 6.20 Å². The molecule has 1 amide bonds. The second-order valence-corrected chi connectivity index (χ2v) is 5.09. The van der Waals surface area contributed by atoms with Gasteiger partial charge in [0, 0.05) is 12.1 Å². The maximum absolute atomic E-state index is 12.2. The Morgan fingerprint density at radius 3 is 2.74 bits per heavy atom. The Bertz CT molecular complexity index is 713. The van der Waals surface area contributed by atoms with Crippen molar-refractivity contribution in [3.05, 3.63) is 40.7 Å². The summed E-state index contributed by atoms with van der Waals surface area (Å²) in [4.78, 5) is 26.1. The molecule has 2 heterocycles. The zero-order valence-electron chi connectivity index (χ0n) is 13.0. The van der Waals surface area contributed by atoms with Crippen LogP contribution < -0.4 is 10.1 Å². The Balaban J connectivity index is 2.09. The number of amides is 1. The number of aromatic nitrogens is 3. The molecular weight excluding hydrogens is 302 g/mol. The molecule has 1 atom stereocenters. The lowest BCUT2D eigenvalue weighted by molar-refractivity contribution is -0.390. The highest BCUT2D eigenvalue weighted by Gasteiger charge is 2.22. The van der Waals surface area contributed by atoms with Crippen molar-refractivity contribution in [2.45, 2.75) is 32.9 Å². The minimum Gasteiger partial charge on any atom is -0.473 e. The van der Waals surface area contributed by atoms with Gasteiger partial charge in [-0.2, -0.15) is 5.10 Å². The van der Waals surface area contributed by atoms with Crippen LogP contribution in [0.4, 0.5) is 11.6 Å². The molecule has 9 nitrogen and oxygen atoms in total. The van der Waals surface area contributed by atoms with E-state index in [1.54, 1.807) is 16.9 Å². The third-order valence-electron chi connectivity index (χ3n) is 3.01.